The van der Waals surface area contributed by atoms with Crippen LogP contribution >= 0.6 is 0 Å². The molecule has 1 unspecified atom stereocenters. The van der Waals surface area contributed by atoms with Gasteiger partial charge in [0.15, 0.2) is 5.78 Å². The third-order valence-corrected chi connectivity index (χ3v) is 5.24. The third kappa shape index (κ3) is 6.15. The smallest absolute Gasteiger partial charge is 0.410 e. The molecule has 1 aliphatic rings. The lowest BCUT2D eigenvalue weighted by atomic mass is 9.96. The normalized spacial score (nSPS) is 16.4. The van der Waals surface area contributed by atoms with Gasteiger partial charge in [0.2, 0.25) is 0 Å². The molecular formula is C25H29FN2O4. The first-order chi connectivity index (χ1) is 15.1. The predicted molar refractivity (Wildman–Crippen MR) is 119 cm³/mol. The molecule has 6 nitrogen and oxygen atoms in total. The van der Waals surface area contributed by atoms with Crippen molar-refractivity contribution in [1.82, 2.24) is 10.2 Å². The number of halogens is 1. The molecule has 0 bridgehead atoms. The van der Waals surface area contributed by atoms with Crippen LogP contribution in [0.4, 0.5) is 9.18 Å². The van der Waals surface area contributed by atoms with Crippen LogP contribution in [0.3, 0.4) is 0 Å². The summed E-state index contributed by atoms with van der Waals surface area (Å²) in [6.07, 6.45) is 1.37. The zero-order valence-corrected chi connectivity index (χ0v) is 18.7. The van der Waals surface area contributed by atoms with Crippen molar-refractivity contribution in [1.29, 1.82) is 0 Å². The Bertz CT molecular complexity index is 982. The average molecular weight is 441 g/mol. The largest absolute Gasteiger partial charge is 0.444 e. The van der Waals surface area contributed by atoms with E-state index in [1.54, 1.807) is 29.2 Å². The number of hydrogen-bond acceptors (Lipinski definition) is 4. The number of amides is 2. The summed E-state index contributed by atoms with van der Waals surface area (Å²) in [7, 11) is 0. The molecule has 0 radical (unpaired) electrons. The fourth-order valence-corrected chi connectivity index (χ4v) is 3.69. The van der Waals surface area contributed by atoms with Gasteiger partial charge in [-0.1, -0.05) is 18.2 Å². The fraction of sp³-hybridized carbons (Fsp3) is 0.400. The van der Waals surface area contributed by atoms with Gasteiger partial charge >= 0.3 is 6.09 Å². The lowest BCUT2D eigenvalue weighted by Gasteiger charge is -2.34. The minimum atomic E-state index is -0.557. The number of hydrogen-bond donors (Lipinski definition) is 1. The van der Waals surface area contributed by atoms with E-state index in [4.69, 9.17) is 4.74 Å². The number of piperidine rings is 1. The Balaban J connectivity index is 1.64. The van der Waals surface area contributed by atoms with E-state index in [1.165, 1.54) is 24.3 Å². The van der Waals surface area contributed by atoms with Crippen LogP contribution in [0.5, 0.6) is 0 Å². The van der Waals surface area contributed by atoms with Crippen LogP contribution < -0.4 is 5.32 Å². The summed E-state index contributed by atoms with van der Waals surface area (Å²) in [5.41, 5.74) is 0.281. The first-order valence-electron chi connectivity index (χ1n) is 10.8. The Morgan fingerprint density at radius 1 is 1.06 bits per heavy atom. The summed E-state index contributed by atoms with van der Waals surface area (Å²) >= 11 is 0. The number of ketones is 1. The Kier molecular flexibility index (Phi) is 7.28. The number of ether oxygens (including phenoxy) is 1. The molecule has 0 spiro atoms. The zero-order valence-electron chi connectivity index (χ0n) is 18.7. The Morgan fingerprint density at radius 3 is 2.38 bits per heavy atom. The van der Waals surface area contributed by atoms with E-state index in [0.717, 1.165) is 12.8 Å². The Hall–Kier alpha value is -3.22. The molecule has 170 valence electrons. The van der Waals surface area contributed by atoms with Crippen molar-refractivity contribution < 1.29 is 23.5 Å². The van der Waals surface area contributed by atoms with Crippen molar-refractivity contribution in [2.75, 3.05) is 19.6 Å². The van der Waals surface area contributed by atoms with E-state index in [-0.39, 0.29) is 34.8 Å². The molecule has 3 rings (SSSR count). The maximum atomic E-state index is 13.2. The first kappa shape index (κ1) is 23.4. The predicted octanol–water partition coefficient (Wildman–Crippen LogP) is 4.43. The van der Waals surface area contributed by atoms with Crippen molar-refractivity contribution in [2.24, 2.45) is 5.92 Å². The maximum Gasteiger partial charge on any atom is 0.410 e. The summed E-state index contributed by atoms with van der Waals surface area (Å²) in [6.45, 7) is 7.02. The molecule has 1 atom stereocenters. The highest BCUT2D eigenvalue weighted by molar-refractivity contribution is 6.15. The highest BCUT2D eigenvalue weighted by Gasteiger charge is 2.28. The van der Waals surface area contributed by atoms with Crippen molar-refractivity contribution in [3.8, 4) is 0 Å². The van der Waals surface area contributed by atoms with Crippen LogP contribution in [0.1, 0.15) is 59.9 Å². The highest BCUT2D eigenvalue weighted by Crippen LogP contribution is 2.20. The number of benzene rings is 2. The molecule has 1 N–H and O–H groups in total. The minimum absolute atomic E-state index is 0.0974. The lowest BCUT2D eigenvalue weighted by Crippen LogP contribution is -2.45. The molecular weight excluding hydrogens is 411 g/mol. The number of carbonyl (C=O) groups excluding carboxylic acids is 3. The van der Waals surface area contributed by atoms with Gasteiger partial charge in [-0.2, -0.15) is 0 Å². The molecule has 1 fully saturated rings. The molecule has 2 aromatic rings. The quantitative estimate of drug-likeness (QED) is 0.698. The summed E-state index contributed by atoms with van der Waals surface area (Å²) in [5, 5.41) is 2.90. The van der Waals surface area contributed by atoms with Crippen molar-refractivity contribution >= 4 is 17.8 Å². The summed E-state index contributed by atoms with van der Waals surface area (Å²) in [4.78, 5) is 39.8. The van der Waals surface area contributed by atoms with Crippen LogP contribution in [0.25, 0.3) is 0 Å². The van der Waals surface area contributed by atoms with Crippen molar-refractivity contribution in [3.63, 3.8) is 0 Å². The third-order valence-electron chi connectivity index (χ3n) is 5.24. The molecule has 0 saturated carbocycles. The number of nitrogens with one attached hydrogen (secondary N) is 1. The van der Waals surface area contributed by atoms with E-state index < -0.39 is 11.4 Å². The SMILES string of the molecule is CC(C)(C)OC(=O)N1CCCC(CNC(=O)c2ccccc2C(=O)c2ccc(F)cc2)C1. The van der Waals surface area contributed by atoms with Gasteiger partial charge in [-0.15, -0.1) is 0 Å². The van der Waals surface area contributed by atoms with Crippen molar-refractivity contribution in [3.05, 3.63) is 71.0 Å². The average Bonchev–Trinajstić information content (AvgIpc) is 2.76. The van der Waals surface area contributed by atoms with E-state index in [2.05, 4.69) is 5.32 Å². The van der Waals surface area contributed by atoms with E-state index in [9.17, 15) is 18.8 Å². The Morgan fingerprint density at radius 2 is 1.72 bits per heavy atom. The van der Waals surface area contributed by atoms with E-state index in [1.807, 2.05) is 20.8 Å². The van der Waals surface area contributed by atoms with Gasteiger partial charge in [-0.3, -0.25) is 9.59 Å². The van der Waals surface area contributed by atoms with E-state index >= 15 is 0 Å². The first-order valence-corrected chi connectivity index (χ1v) is 10.8. The topological polar surface area (TPSA) is 75.7 Å². The maximum absolute atomic E-state index is 13.2. The van der Waals surface area contributed by atoms with Crippen LogP contribution in [-0.4, -0.2) is 47.9 Å². The zero-order chi connectivity index (χ0) is 23.3. The molecule has 2 amide bonds. The van der Waals surface area contributed by atoms with Gasteiger partial charge in [-0.25, -0.2) is 9.18 Å². The monoisotopic (exact) mass is 440 g/mol. The van der Waals surface area contributed by atoms with E-state index in [0.29, 0.717) is 25.2 Å². The summed E-state index contributed by atoms with van der Waals surface area (Å²) in [6, 6.07) is 11.8. The molecule has 7 heteroatoms. The van der Waals surface area contributed by atoms with Gasteiger partial charge in [-0.05, 0) is 69.9 Å². The molecule has 0 aliphatic carbocycles. The highest BCUT2D eigenvalue weighted by atomic mass is 19.1. The molecule has 1 aliphatic heterocycles. The molecule has 2 aromatic carbocycles. The number of likely N-dealkylation sites (tertiary alicyclic amines) is 1. The number of nitrogens with zero attached hydrogens (tertiary/aromatic N) is 1. The van der Waals surface area contributed by atoms with Gasteiger partial charge in [0.05, 0.1) is 5.56 Å². The number of rotatable bonds is 5. The molecule has 0 aromatic heterocycles. The molecule has 1 heterocycles. The fourth-order valence-electron chi connectivity index (χ4n) is 3.69. The Labute approximate surface area is 187 Å². The van der Waals surface area contributed by atoms with Gasteiger partial charge < -0.3 is 15.0 Å². The minimum Gasteiger partial charge on any atom is -0.444 e. The standard InChI is InChI=1S/C25H29FN2O4/c1-25(2,3)32-24(31)28-14-6-7-17(16-28)15-27-23(30)21-9-5-4-8-20(21)22(29)18-10-12-19(26)13-11-18/h4-5,8-13,17H,6-7,14-16H2,1-3H3,(H,27,30). The molecule has 32 heavy (non-hydrogen) atoms. The second kappa shape index (κ2) is 9.94. The summed E-state index contributed by atoms with van der Waals surface area (Å²) in [5.74, 6) is -1.03. The second-order valence-electron chi connectivity index (χ2n) is 9.03. The van der Waals surface area contributed by atoms with Gasteiger partial charge in [0, 0.05) is 30.8 Å². The number of carbonyl (C=O) groups is 3. The molecule has 1 saturated heterocycles. The van der Waals surface area contributed by atoms with Crippen LogP contribution in [0, 0.1) is 11.7 Å². The summed E-state index contributed by atoms with van der Waals surface area (Å²) < 4.78 is 18.6. The van der Waals surface area contributed by atoms with Crippen LogP contribution in [-0.2, 0) is 4.74 Å². The van der Waals surface area contributed by atoms with Crippen molar-refractivity contribution in [2.45, 2.75) is 39.2 Å². The van der Waals surface area contributed by atoms with Crippen LogP contribution in [0.2, 0.25) is 0 Å². The van der Waals surface area contributed by atoms with Crippen LogP contribution in [0.15, 0.2) is 48.5 Å². The lowest BCUT2D eigenvalue weighted by molar-refractivity contribution is 0.0167. The van der Waals surface area contributed by atoms with Gasteiger partial charge in [0.1, 0.15) is 11.4 Å². The second-order valence-corrected chi connectivity index (χ2v) is 9.03. The van der Waals surface area contributed by atoms with Gasteiger partial charge in [0.25, 0.3) is 5.91 Å².